The van der Waals surface area contributed by atoms with Crippen molar-refractivity contribution in [3.05, 3.63) is 28.8 Å². The zero-order valence-electron chi connectivity index (χ0n) is 10.9. The highest BCUT2D eigenvalue weighted by molar-refractivity contribution is 6.32. The number of hydrogen-bond donors (Lipinski definition) is 1. The third-order valence-corrected chi connectivity index (χ3v) is 3.23. The van der Waals surface area contributed by atoms with E-state index in [2.05, 4.69) is 19.9 Å². The van der Waals surface area contributed by atoms with E-state index in [0.717, 1.165) is 18.6 Å². The highest BCUT2D eigenvalue weighted by Gasteiger charge is 2.15. The van der Waals surface area contributed by atoms with Crippen molar-refractivity contribution in [3.8, 4) is 5.75 Å². The van der Waals surface area contributed by atoms with Crippen molar-refractivity contribution in [2.75, 3.05) is 13.2 Å². The molecule has 1 aromatic rings. The van der Waals surface area contributed by atoms with Gasteiger partial charge in [-0.05, 0) is 49.4 Å². The molecule has 0 amide bonds. The summed E-state index contributed by atoms with van der Waals surface area (Å²) in [7, 11) is 0. The normalized spacial score (nSPS) is 11.6. The average molecular weight is 256 g/mol. The van der Waals surface area contributed by atoms with E-state index in [1.54, 1.807) is 0 Å². The molecule has 17 heavy (non-hydrogen) atoms. The fourth-order valence-corrected chi connectivity index (χ4v) is 1.81. The van der Waals surface area contributed by atoms with Crippen LogP contribution in [0.15, 0.2) is 18.2 Å². The van der Waals surface area contributed by atoms with Crippen LogP contribution in [0.5, 0.6) is 5.75 Å². The van der Waals surface area contributed by atoms with Crippen molar-refractivity contribution in [2.24, 2.45) is 11.1 Å². The third kappa shape index (κ3) is 4.57. The van der Waals surface area contributed by atoms with Crippen LogP contribution in [0.1, 0.15) is 32.8 Å². The molecule has 0 fully saturated rings. The summed E-state index contributed by atoms with van der Waals surface area (Å²) in [4.78, 5) is 0. The first-order chi connectivity index (χ1) is 7.98. The van der Waals surface area contributed by atoms with Crippen LogP contribution in [-0.2, 0) is 6.42 Å². The minimum absolute atomic E-state index is 0.186. The highest BCUT2D eigenvalue weighted by Crippen LogP contribution is 2.28. The van der Waals surface area contributed by atoms with Crippen LogP contribution < -0.4 is 10.5 Å². The van der Waals surface area contributed by atoms with Gasteiger partial charge in [0.25, 0.3) is 0 Å². The summed E-state index contributed by atoms with van der Waals surface area (Å²) in [6, 6.07) is 6.00. The monoisotopic (exact) mass is 255 g/mol. The molecular formula is C14H22ClNO. The Labute approximate surface area is 109 Å². The quantitative estimate of drug-likeness (QED) is 0.842. The molecule has 0 radical (unpaired) electrons. The van der Waals surface area contributed by atoms with E-state index in [-0.39, 0.29) is 5.41 Å². The van der Waals surface area contributed by atoms with Crippen molar-refractivity contribution >= 4 is 11.6 Å². The van der Waals surface area contributed by atoms with Crippen molar-refractivity contribution in [2.45, 2.75) is 33.6 Å². The van der Waals surface area contributed by atoms with Crippen molar-refractivity contribution in [1.82, 2.24) is 0 Å². The Bertz CT molecular complexity index is 363. The molecule has 3 heteroatoms. The zero-order valence-corrected chi connectivity index (χ0v) is 11.7. The van der Waals surface area contributed by atoms with Crippen LogP contribution in [0.25, 0.3) is 0 Å². The number of rotatable bonds is 6. The van der Waals surface area contributed by atoms with Gasteiger partial charge in [0.2, 0.25) is 0 Å². The van der Waals surface area contributed by atoms with E-state index in [0.29, 0.717) is 18.2 Å². The lowest BCUT2D eigenvalue weighted by Crippen LogP contribution is -2.24. The van der Waals surface area contributed by atoms with Gasteiger partial charge in [0.1, 0.15) is 5.75 Å². The second kappa shape index (κ2) is 6.27. The Kier molecular flexibility index (Phi) is 5.29. The minimum atomic E-state index is 0.186. The number of ether oxygens (including phenoxy) is 1. The molecule has 0 unspecified atom stereocenters. The summed E-state index contributed by atoms with van der Waals surface area (Å²) < 4.78 is 5.41. The van der Waals surface area contributed by atoms with E-state index >= 15 is 0 Å². The molecule has 0 aliphatic rings. The number of aryl methyl sites for hydroxylation is 1. The maximum absolute atomic E-state index is 6.14. The molecule has 1 aromatic carbocycles. The Morgan fingerprint density at radius 2 is 2.06 bits per heavy atom. The van der Waals surface area contributed by atoms with E-state index in [1.165, 1.54) is 5.56 Å². The van der Waals surface area contributed by atoms with Crippen molar-refractivity contribution in [3.63, 3.8) is 0 Å². The van der Waals surface area contributed by atoms with Gasteiger partial charge < -0.3 is 10.5 Å². The minimum Gasteiger partial charge on any atom is -0.492 e. The number of halogens is 1. The average Bonchev–Trinajstić information content (AvgIpc) is 2.30. The Hall–Kier alpha value is -0.730. The van der Waals surface area contributed by atoms with Gasteiger partial charge in [0.05, 0.1) is 11.6 Å². The van der Waals surface area contributed by atoms with Gasteiger partial charge in [0, 0.05) is 0 Å². The number of benzene rings is 1. The molecule has 0 spiro atoms. The van der Waals surface area contributed by atoms with Crippen LogP contribution in [0.2, 0.25) is 5.02 Å². The van der Waals surface area contributed by atoms with Crippen LogP contribution in [0, 0.1) is 5.41 Å². The van der Waals surface area contributed by atoms with E-state index < -0.39 is 0 Å². The maximum Gasteiger partial charge on any atom is 0.137 e. The molecule has 0 aliphatic carbocycles. The lowest BCUT2D eigenvalue weighted by molar-refractivity contribution is 0.339. The molecule has 96 valence electrons. The Balaban J connectivity index is 2.64. The molecule has 2 nitrogen and oxygen atoms in total. The smallest absolute Gasteiger partial charge is 0.137 e. The zero-order chi connectivity index (χ0) is 12.9. The summed E-state index contributed by atoms with van der Waals surface area (Å²) in [6.45, 7) is 7.66. The van der Waals surface area contributed by atoms with Gasteiger partial charge in [-0.3, -0.25) is 0 Å². The fraction of sp³-hybridized carbons (Fsp3) is 0.571. The summed E-state index contributed by atoms with van der Waals surface area (Å²) in [5, 5.41) is 0.690. The topological polar surface area (TPSA) is 35.2 Å². The van der Waals surface area contributed by atoms with E-state index in [4.69, 9.17) is 22.1 Å². The Morgan fingerprint density at radius 1 is 1.35 bits per heavy atom. The Morgan fingerprint density at radius 3 is 2.59 bits per heavy atom. The SMILES string of the molecule is CCOc1ccc(CCC(C)(C)CN)cc1Cl. The molecule has 0 atom stereocenters. The van der Waals surface area contributed by atoms with Crippen LogP contribution in [0.4, 0.5) is 0 Å². The van der Waals surface area contributed by atoms with Crippen molar-refractivity contribution in [1.29, 1.82) is 0 Å². The summed E-state index contributed by atoms with van der Waals surface area (Å²) in [5.41, 5.74) is 7.14. The molecule has 0 saturated carbocycles. The van der Waals surface area contributed by atoms with Gasteiger partial charge in [-0.1, -0.05) is 31.5 Å². The second-order valence-electron chi connectivity index (χ2n) is 5.07. The molecular weight excluding hydrogens is 234 g/mol. The van der Waals surface area contributed by atoms with Gasteiger partial charge in [0.15, 0.2) is 0 Å². The molecule has 2 N–H and O–H groups in total. The first kappa shape index (κ1) is 14.3. The lowest BCUT2D eigenvalue weighted by atomic mass is 9.86. The van der Waals surface area contributed by atoms with Crippen molar-refractivity contribution < 1.29 is 4.74 Å². The largest absolute Gasteiger partial charge is 0.492 e. The summed E-state index contributed by atoms with van der Waals surface area (Å²) >= 11 is 6.14. The first-order valence-electron chi connectivity index (χ1n) is 6.10. The second-order valence-corrected chi connectivity index (χ2v) is 5.47. The molecule has 1 rings (SSSR count). The summed E-state index contributed by atoms with van der Waals surface area (Å²) in [6.07, 6.45) is 2.06. The molecule has 0 aliphatic heterocycles. The van der Waals surface area contributed by atoms with E-state index in [1.807, 2.05) is 19.1 Å². The third-order valence-electron chi connectivity index (χ3n) is 2.94. The number of nitrogens with two attached hydrogens (primary N) is 1. The molecule has 0 aromatic heterocycles. The van der Waals surface area contributed by atoms with E-state index in [9.17, 15) is 0 Å². The summed E-state index contributed by atoms with van der Waals surface area (Å²) in [5.74, 6) is 0.760. The number of hydrogen-bond acceptors (Lipinski definition) is 2. The maximum atomic E-state index is 6.14. The van der Waals surface area contributed by atoms with Crippen LogP contribution in [0.3, 0.4) is 0 Å². The standard InChI is InChI=1S/C14H22ClNO/c1-4-17-13-6-5-11(9-12(13)15)7-8-14(2,3)10-16/h5-6,9H,4,7-8,10,16H2,1-3H3. The predicted molar refractivity (Wildman–Crippen MR) is 73.8 cm³/mol. The van der Waals surface area contributed by atoms with Gasteiger partial charge in [-0.25, -0.2) is 0 Å². The predicted octanol–water partition coefficient (Wildman–Crippen LogP) is 3.66. The van der Waals surface area contributed by atoms with Crippen LogP contribution >= 0.6 is 11.6 Å². The fourth-order valence-electron chi connectivity index (χ4n) is 1.56. The van der Waals surface area contributed by atoms with Crippen LogP contribution in [-0.4, -0.2) is 13.2 Å². The molecule has 0 saturated heterocycles. The lowest BCUT2D eigenvalue weighted by Gasteiger charge is -2.22. The highest BCUT2D eigenvalue weighted by atomic mass is 35.5. The van der Waals surface area contributed by atoms with Gasteiger partial charge in [-0.15, -0.1) is 0 Å². The van der Waals surface area contributed by atoms with Gasteiger partial charge in [-0.2, -0.15) is 0 Å². The first-order valence-corrected chi connectivity index (χ1v) is 6.47. The van der Waals surface area contributed by atoms with Gasteiger partial charge >= 0.3 is 0 Å². The molecule has 0 heterocycles. The molecule has 0 bridgehead atoms.